The van der Waals surface area contributed by atoms with Gasteiger partial charge in [-0.15, -0.1) is 0 Å². The molecule has 0 aliphatic heterocycles. The van der Waals surface area contributed by atoms with Crippen LogP contribution in [0.4, 0.5) is 0 Å². The van der Waals surface area contributed by atoms with Gasteiger partial charge in [-0.1, -0.05) is 25.5 Å². The van der Waals surface area contributed by atoms with Crippen LogP contribution in [-0.4, -0.2) is 25.2 Å². The van der Waals surface area contributed by atoms with Gasteiger partial charge in [0.2, 0.25) is 0 Å². The molecule has 0 fully saturated rings. The smallest absolute Gasteiger partial charge is 0.339 e. The number of benzene rings is 1. The molecule has 0 bridgehead atoms. The Kier molecular flexibility index (Phi) is 5.91. The van der Waals surface area contributed by atoms with Crippen LogP contribution < -0.4 is 0 Å². The molecule has 0 N–H and O–H groups in total. The van der Waals surface area contributed by atoms with Gasteiger partial charge in [0.05, 0.1) is 24.3 Å². The molecule has 0 spiro atoms. The molecule has 0 unspecified atom stereocenters. The van der Waals surface area contributed by atoms with E-state index in [4.69, 9.17) is 9.47 Å². The summed E-state index contributed by atoms with van der Waals surface area (Å²) in [5, 5.41) is 0. The Morgan fingerprint density at radius 3 is 2.06 bits per heavy atom. The van der Waals surface area contributed by atoms with Crippen LogP contribution in [0.15, 0.2) is 24.3 Å². The molecule has 0 aliphatic rings. The zero-order chi connectivity index (χ0) is 13.4. The molecule has 98 valence electrons. The monoisotopic (exact) mass is 250 g/mol. The average molecular weight is 250 g/mol. The molecule has 0 amide bonds. The van der Waals surface area contributed by atoms with Crippen molar-refractivity contribution in [3.05, 3.63) is 35.4 Å². The average Bonchev–Trinajstić information content (AvgIpc) is 2.39. The van der Waals surface area contributed by atoms with E-state index in [0.717, 1.165) is 12.8 Å². The van der Waals surface area contributed by atoms with Crippen molar-refractivity contribution in [2.24, 2.45) is 0 Å². The minimum Gasteiger partial charge on any atom is -0.462 e. The topological polar surface area (TPSA) is 52.6 Å². The van der Waals surface area contributed by atoms with Crippen LogP contribution in [0.25, 0.3) is 0 Å². The summed E-state index contributed by atoms with van der Waals surface area (Å²) in [4.78, 5) is 23.5. The van der Waals surface area contributed by atoms with Crippen molar-refractivity contribution in [1.82, 2.24) is 0 Å². The van der Waals surface area contributed by atoms with E-state index in [1.807, 2.05) is 6.92 Å². The summed E-state index contributed by atoms with van der Waals surface area (Å²) in [6, 6.07) is 6.52. The minimum atomic E-state index is -0.499. The SMILES string of the molecule is CCCCOC(=O)c1ccccc1C(=O)OCC. The zero-order valence-corrected chi connectivity index (χ0v) is 10.8. The Bertz CT molecular complexity index is 412. The molecule has 1 rings (SSSR count). The molecule has 0 heterocycles. The molecule has 0 aromatic heterocycles. The maximum atomic E-state index is 11.8. The van der Waals surface area contributed by atoms with E-state index in [1.165, 1.54) is 0 Å². The normalized spacial score (nSPS) is 9.89. The predicted octanol–water partition coefficient (Wildman–Crippen LogP) is 2.82. The molecule has 4 nitrogen and oxygen atoms in total. The van der Waals surface area contributed by atoms with Gasteiger partial charge in [0, 0.05) is 0 Å². The van der Waals surface area contributed by atoms with Crippen LogP contribution in [0.2, 0.25) is 0 Å². The molecule has 0 saturated carbocycles. The van der Waals surface area contributed by atoms with Gasteiger partial charge in [0.1, 0.15) is 0 Å². The largest absolute Gasteiger partial charge is 0.462 e. The summed E-state index contributed by atoms with van der Waals surface area (Å²) >= 11 is 0. The van der Waals surface area contributed by atoms with Crippen molar-refractivity contribution in [2.75, 3.05) is 13.2 Å². The molecule has 1 aromatic carbocycles. The second-order valence-corrected chi connectivity index (χ2v) is 3.76. The third-order valence-electron chi connectivity index (χ3n) is 2.37. The molecule has 1 aromatic rings. The summed E-state index contributed by atoms with van der Waals surface area (Å²) in [5.74, 6) is -0.979. The fraction of sp³-hybridized carbons (Fsp3) is 0.429. The van der Waals surface area contributed by atoms with E-state index in [-0.39, 0.29) is 17.7 Å². The number of hydrogen-bond acceptors (Lipinski definition) is 4. The van der Waals surface area contributed by atoms with Crippen LogP contribution in [0, 0.1) is 0 Å². The summed E-state index contributed by atoms with van der Waals surface area (Å²) in [6.45, 7) is 4.38. The molecule has 18 heavy (non-hydrogen) atoms. The highest BCUT2D eigenvalue weighted by molar-refractivity contribution is 6.03. The zero-order valence-electron chi connectivity index (χ0n) is 10.8. The van der Waals surface area contributed by atoms with E-state index in [2.05, 4.69) is 0 Å². The number of esters is 2. The van der Waals surface area contributed by atoms with Gasteiger partial charge in [-0.3, -0.25) is 0 Å². The first-order chi connectivity index (χ1) is 8.70. The second kappa shape index (κ2) is 7.48. The second-order valence-electron chi connectivity index (χ2n) is 3.76. The Morgan fingerprint density at radius 1 is 1.00 bits per heavy atom. The standard InChI is InChI=1S/C14H18O4/c1-3-5-10-18-14(16)12-9-7-6-8-11(12)13(15)17-4-2/h6-9H,3-5,10H2,1-2H3. The first-order valence-corrected chi connectivity index (χ1v) is 6.14. The van der Waals surface area contributed by atoms with Crippen molar-refractivity contribution < 1.29 is 19.1 Å². The molecule has 0 saturated heterocycles. The van der Waals surface area contributed by atoms with Crippen molar-refractivity contribution in [3.8, 4) is 0 Å². The maximum absolute atomic E-state index is 11.8. The van der Waals surface area contributed by atoms with Crippen LogP contribution in [-0.2, 0) is 9.47 Å². The lowest BCUT2D eigenvalue weighted by atomic mass is 10.1. The summed E-state index contributed by atoms with van der Waals surface area (Å²) in [6.07, 6.45) is 1.76. The van der Waals surface area contributed by atoms with E-state index in [0.29, 0.717) is 6.61 Å². The van der Waals surface area contributed by atoms with Crippen molar-refractivity contribution in [1.29, 1.82) is 0 Å². The first-order valence-electron chi connectivity index (χ1n) is 6.14. The highest BCUT2D eigenvalue weighted by atomic mass is 16.5. The van der Waals surface area contributed by atoms with Gasteiger partial charge in [-0.2, -0.15) is 0 Å². The lowest BCUT2D eigenvalue weighted by Gasteiger charge is -2.08. The van der Waals surface area contributed by atoms with Gasteiger partial charge in [-0.25, -0.2) is 9.59 Å². The number of rotatable bonds is 6. The van der Waals surface area contributed by atoms with E-state index in [1.54, 1.807) is 31.2 Å². The number of ether oxygens (including phenoxy) is 2. The first kappa shape index (κ1) is 14.2. The molecular weight excluding hydrogens is 232 g/mol. The lowest BCUT2D eigenvalue weighted by Crippen LogP contribution is -2.14. The van der Waals surface area contributed by atoms with Crippen LogP contribution in [0.1, 0.15) is 47.4 Å². The molecule has 0 atom stereocenters. The number of unbranched alkanes of at least 4 members (excludes halogenated alkanes) is 1. The highest BCUT2D eigenvalue weighted by Crippen LogP contribution is 2.12. The van der Waals surface area contributed by atoms with Gasteiger partial charge in [-0.05, 0) is 25.5 Å². The molecule has 0 radical (unpaired) electrons. The third kappa shape index (κ3) is 3.87. The van der Waals surface area contributed by atoms with E-state index in [9.17, 15) is 9.59 Å². The van der Waals surface area contributed by atoms with Crippen molar-refractivity contribution in [3.63, 3.8) is 0 Å². The van der Waals surface area contributed by atoms with Crippen LogP contribution >= 0.6 is 0 Å². The number of hydrogen-bond donors (Lipinski definition) is 0. The lowest BCUT2D eigenvalue weighted by molar-refractivity contribution is 0.0464. The number of carbonyl (C=O) groups excluding carboxylic acids is 2. The molecule has 4 heteroatoms. The van der Waals surface area contributed by atoms with Gasteiger partial charge < -0.3 is 9.47 Å². The Hall–Kier alpha value is -1.84. The Balaban J connectivity index is 2.81. The van der Waals surface area contributed by atoms with Crippen molar-refractivity contribution >= 4 is 11.9 Å². The maximum Gasteiger partial charge on any atom is 0.339 e. The highest BCUT2D eigenvalue weighted by Gasteiger charge is 2.18. The number of carbonyl (C=O) groups is 2. The Labute approximate surface area is 107 Å². The summed E-state index contributed by atoms with van der Waals surface area (Å²) in [5.41, 5.74) is 0.507. The van der Waals surface area contributed by atoms with Crippen LogP contribution in [0.3, 0.4) is 0 Å². The van der Waals surface area contributed by atoms with Crippen molar-refractivity contribution in [2.45, 2.75) is 26.7 Å². The molecule has 0 aliphatic carbocycles. The summed E-state index contributed by atoms with van der Waals surface area (Å²) in [7, 11) is 0. The Morgan fingerprint density at radius 2 is 1.56 bits per heavy atom. The summed E-state index contributed by atoms with van der Waals surface area (Å²) < 4.78 is 9.99. The fourth-order valence-electron chi connectivity index (χ4n) is 1.43. The van der Waals surface area contributed by atoms with Gasteiger partial charge >= 0.3 is 11.9 Å². The minimum absolute atomic E-state index is 0.251. The molecular formula is C14H18O4. The van der Waals surface area contributed by atoms with Crippen LogP contribution in [0.5, 0.6) is 0 Å². The van der Waals surface area contributed by atoms with E-state index >= 15 is 0 Å². The van der Waals surface area contributed by atoms with E-state index < -0.39 is 11.9 Å². The predicted molar refractivity (Wildman–Crippen MR) is 67.6 cm³/mol. The fourth-order valence-corrected chi connectivity index (χ4v) is 1.43. The van der Waals surface area contributed by atoms with Gasteiger partial charge in [0.25, 0.3) is 0 Å². The quantitative estimate of drug-likeness (QED) is 0.575. The van der Waals surface area contributed by atoms with Gasteiger partial charge in [0.15, 0.2) is 0 Å². The third-order valence-corrected chi connectivity index (χ3v) is 2.37.